The van der Waals surface area contributed by atoms with E-state index >= 15 is 0 Å². The van der Waals surface area contributed by atoms with Crippen LogP contribution in [0.3, 0.4) is 0 Å². The highest BCUT2D eigenvalue weighted by molar-refractivity contribution is 6.32. The monoisotopic (exact) mass is 256 g/mol. The number of aliphatic hydroxyl groups is 1. The fourth-order valence-corrected chi connectivity index (χ4v) is 2.30. The lowest BCUT2D eigenvalue weighted by Gasteiger charge is -2.28. The third-order valence-electron chi connectivity index (χ3n) is 3.28. The van der Waals surface area contributed by atoms with Crippen LogP contribution in [0.1, 0.15) is 25.7 Å². The molecule has 1 aliphatic rings. The number of nitrogen functional groups attached to an aromatic ring is 1. The molecule has 0 aromatic carbocycles. The van der Waals surface area contributed by atoms with Gasteiger partial charge in [-0.2, -0.15) is 0 Å². The molecule has 0 amide bonds. The van der Waals surface area contributed by atoms with Gasteiger partial charge in [0.25, 0.3) is 0 Å². The highest BCUT2D eigenvalue weighted by Gasteiger charge is 2.21. The number of anilines is 2. The summed E-state index contributed by atoms with van der Waals surface area (Å²) in [6.07, 6.45) is 5.51. The minimum Gasteiger partial charge on any atom is -0.396 e. The molecule has 0 bridgehead atoms. The Balaban J connectivity index is 1.95. The van der Waals surface area contributed by atoms with Crippen LogP contribution in [0.15, 0.2) is 6.33 Å². The van der Waals surface area contributed by atoms with Gasteiger partial charge in [-0.25, -0.2) is 9.97 Å². The lowest BCUT2D eigenvalue weighted by Crippen LogP contribution is -2.28. The van der Waals surface area contributed by atoms with E-state index in [9.17, 15) is 0 Å². The van der Waals surface area contributed by atoms with E-state index in [4.69, 9.17) is 22.4 Å². The minimum absolute atomic E-state index is 0.284. The molecule has 5 nitrogen and oxygen atoms in total. The van der Waals surface area contributed by atoms with Gasteiger partial charge in [0.05, 0.1) is 0 Å². The van der Waals surface area contributed by atoms with Gasteiger partial charge in [0, 0.05) is 12.6 Å². The quantitative estimate of drug-likeness (QED) is 0.717. The third kappa shape index (κ3) is 2.98. The Morgan fingerprint density at radius 1 is 1.35 bits per heavy atom. The zero-order valence-corrected chi connectivity index (χ0v) is 10.3. The molecule has 1 aromatic heterocycles. The molecule has 6 heteroatoms. The van der Waals surface area contributed by atoms with Crippen LogP contribution in [-0.4, -0.2) is 27.7 Å². The zero-order valence-electron chi connectivity index (χ0n) is 9.56. The molecule has 4 N–H and O–H groups in total. The second-order valence-electron chi connectivity index (χ2n) is 4.47. The summed E-state index contributed by atoms with van der Waals surface area (Å²) in [5.74, 6) is 1.05. The van der Waals surface area contributed by atoms with E-state index in [0.717, 1.165) is 25.7 Å². The molecule has 1 aliphatic carbocycles. The average Bonchev–Trinajstić information content (AvgIpc) is 2.36. The summed E-state index contributed by atoms with van der Waals surface area (Å²) in [5.41, 5.74) is 6.20. The van der Waals surface area contributed by atoms with Crippen molar-refractivity contribution in [3.05, 3.63) is 11.5 Å². The van der Waals surface area contributed by atoms with Crippen LogP contribution < -0.4 is 11.1 Å². The van der Waals surface area contributed by atoms with E-state index in [-0.39, 0.29) is 11.8 Å². The molecule has 1 fully saturated rings. The predicted molar refractivity (Wildman–Crippen MR) is 67.9 cm³/mol. The topological polar surface area (TPSA) is 84.1 Å². The second kappa shape index (κ2) is 5.51. The van der Waals surface area contributed by atoms with Crippen molar-refractivity contribution in [2.24, 2.45) is 5.92 Å². The predicted octanol–water partition coefficient (Wildman–Crippen LogP) is 1.68. The van der Waals surface area contributed by atoms with Crippen LogP contribution in [0.25, 0.3) is 0 Å². The van der Waals surface area contributed by atoms with Crippen molar-refractivity contribution in [1.29, 1.82) is 0 Å². The van der Waals surface area contributed by atoms with Crippen molar-refractivity contribution in [3.63, 3.8) is 0 Å². The summed E-state index contributed by atoms with van der Waals surface area (Å²) < 4.78 is 0. The lowest BCUT2D eigenvalue weighted by atomic mass is 9.86. The fourth-order valence-electron chi connectivity index (χ4n) is 2.17. The van der Waals surface area contributed by atoms with E-state index < -0.39 is 0 Å². The number of aliphatic hydroxyl groups excluding tert-OH is 1. The molecule has 0 radical (unpaired) electrons. The lowest BCUT2D eigenvalue weighted by molar-refractivity contribution is 0.185. The summed E-state index contributed by atoms with van der Waals surface area (Å²) in [5, 5.41) is 12.6. The van der Waals surface area contributed by atoms with Crippen molar-refractivity contribution < 1.29 is 5.11 Å². The molecule has 0 aliphatic heterocycles. The molecule has 1 heterocycles. The summed E-state index contributed by atoms with van der Waals surface area (Å²) in [6.45, 7) is 0.286. The summed E-state index contributed by atoms with van der Waals surface area (Å²) >= 11 is 5.83. The van der Waals surface area contributed by atoms with Crippen molar-refractivity contribution >= 4 is 23.1 Å². The second-order valence-corrected chi connectivity index (χ2v) is 4.83. The highest BCUT2D eigenvalue weighted by atomic mass is 35.5. The van der Waals surface area contributed by atoms with Gasteiger partial charge in [-0.05, 0) is 31.6 Å². The molecule has 0 unspecified atom stereocenters. The van der Waals surface area contributed by atoms with Crippen molar-refractivity contribution in [3.8, 4) is 0 Å². The molecular formula is C11H17ClN4O. The van der Waals surface area contributed by atoms with Crippen LogP contribution in [0.5, 0.6) is 0 Å². The molecule has 0 saturated heterocycles. The fraction of sp³-hybridized carbons (Fsp3) is 0.636. The molecule has 0 spiro atoms. The van der Waals surface area contributed by atoms with Gasteiger partial charge in [0.15, 0.2) is 11.0 Å². The first-order valence-corrected chi connectivity index (χ1v) is 6.22. The molecule has 17 heavy (non-hydrogen) atoms. The average molecular weight is 257 g/mol. The Hall–Kier alpha value is -1.07. The van der Waals surface area contributed by atoms with Crippen LogP contribution in [0, 0.1) is 5.92 Å². The number of hydrogen-bond acceptors (Lipinski definition) is 5. The number of rotatable bonds is 3. The zero-order chi connectivity index (χ0) is 12.3. The van der Waals surface area contributed by atoms with Gasteiger partial charge in [0.2, 0.25) is 0 Å². The standard InChI is InChI=1S/C11H17ClN4O/c12-10-9(13)11(15-6-14-10)16-8-3-1-7(5-17)2-4-8/h6-8,17H,1-5,13H2,(H,14,15,16). The largest absolute Gasteiger partial charge is 0.396 e. The SMILES string of the molecule is Nc1c(Cl)ncnc1NC1CCC(CO)CC1. The first-order chi connectivity index (χ1) is 8.20. The van der Waals surface area contributed by atoms with Crippen LogP contribution in [-0.2, 0) is 0 Å². The Bertz CT molecular complexity index is 380. The maximum absolute atomic E-state index is 9.07. The van der Waals surface area contributed by atoms with Gasteiger partial charge in [-0.3, -0.25) is 0 Å². The van der Waals surface area contributed by atoms with Crippen molar-refractivity contribution in [2.45, 2.75) is 31.7 Å². The Labute approximate surface area is 105 Å². The van der Waals surface area contributed by atoms with Crippen molar-refractivity contribution in [2.75, 3.05) is 17.7 Å². The Morgan fingerprint density at radius 3 is 2.71 bits per heavy atom. The Morgan fingerprint density at radius 2 is 2.06 bits per heavy atom. The third-order valence-corrected chi connectivity index (χ3v) is 3.58. The first kappa shape index (κ1) is 12.4. The molecular weight excluding hydrogens is 240 g/mol. The molecule has 0 atom stereocenters. The minimum atomic E-state index is 0.284. The van der Waals surface area contributed by atoms with Crippen LogP contribution >= 0.6 is 11.6 Å². The molecule has 1 saturated carbocycles. The van der Waals surface area contributed by atoms with Gasteiger partial charge < -0.3 is 16.2 Å². The van der Waals surface area contributed by atoms with E-state index in [1.807, 2.05) is 0 Å². The van der Waals surface area contributed by atoms with Crippen LogP contribution in [0.2, 0.25) is 5.15 Å². The van der Waals surface area contributed by atoms with E-state index in [1.165, 1.54) is 6.33 Å². The number of nitrogens with two attached hydrogens (primary N) is 1. The number of hydrogen-bond donors (Lipinski definition) is 3. The maximum Gasteiger partial charge on any atom is 0.157 e. The normalized spacial score (nSPS) is 24.6. The summed E-state index contributed by atoms with van der Waals surface area (Å²) in [7, 11) is 0. The number of halogens is 1. The van der Waals surface area contributed by atoms with Gasteiger partial charge in [0.1, 0.15) is 12.0 Å². The number of aromatic nitrogens is 2. The summed E-state index contributed by atoms with van der Waals surface area (Å²) in [4.78, 5) is 7.91. The van der Waals surface area contributed by atoms with E-state index in [0.29, 0.717) is 23.5 Å². The molecule has 2 rings (SSSR count). The summed E-state index contributed by atoms with van der Waals surface area (Å²) in [6, 6.07) is 0.353. The van der Waals surface area contributed by atoms with Gasteiger partial charge >= 0.3 is 0 Å². The molecule has 94 valence electrons. The highest BCUT2D eigenvalue weighted by Crippen LogP contribution is 2.28. The van der Waals surface area contributed by atoms with Crippen LogP contribution in [0.4, 0.5) is 11.5 Å². The smallest absolute Gasteiger partial charge is 0.157 e. The van der Waals surface area contributed by atoms with Gasteiger partial charge in [-0.1, -0.05) is 11.6 Å². The van der Waals surface area contributed by atoms with E-state index in [1.54, 1.807) is 0 Å². The van der Waals surface area contributed by atoms with Gasteiger partial charge in [-0.15, -0.1) is 0 Å². The number of nitrogens with one attached hydrogen (secondary N) is 1. The first-order valence-electron chi connectivity index (χ1n) is 5.84. The number of nitrogens with zero attached hydrogens (tertiary/aromatic N) is 2. The Kier molecular flexibility index (Phi) is 4.02. The maximum atomic E-state index is 9.07. The van der Waals surface area contributed by atoms with Crippen molar-refractivity contribution in [1.82, 2.24) is 9.97 Å². The molecule has 1 aromatic rings. The van der Waals surface area contributed by atoms with E-state index in [2.05, 4.69) is 15.3 Å².